The van der Waals surface area contributed by atoms with Gasteiger partial charge in [-0.15, -0.1) is 0 Å². The third-order valence-electron chi connectivity index (χ3n) is 3.18. The van der Waals surface area contributed by atoms with E-state index in [9.17, 15) is 4.79 Å². The SMILES string of the molecule is CCN(CC)c1ccc(C(=O)Nc2cccnc2)cc1. The van der Waals surface area contributed by atoms with Gasteiger partial charge in [-0.25, -0.2) is 0 Å². The Hall–Kier alpha value is -2.36. The maximum atomic E-state index is 12.1. The summed E-state index contributed by atoms with van der Waals surface area (Å²) in [7, 11) is 0. The Morgan fingerprint density at radius 3 is 2.40 bits per heavy atom. The van der Waals surface area contributed by atoms with Crippen molar-refractivity contribution >= 4 is 17.3 Å². The summed E-state index contributed by atoms with van der Waals surface area (Å²) in [6, 6.07) is 11.3. The zero-order chi connectivity index (χ0) is 14.4. The Kier molecular flexibility index (Phi) is 4.71. The summed E-state index contributed by atoms with van der Waals surface area (Å²) < 4.78 is 0. The number of pyridine rings is 1. The molecule has 1 amide bonds. The fourth-order valence-electron chi connectivity index (χ4n) is 2.05. The van der Waals surface area contributed by atoms with E-state index < -0.39 is 0 Å². The van der Waals surface area contributed by atoms with Crippen molar-refractivity contribution in [3.05, 3.63) is 54.4 Å². The van der Waals surface area contributed by atoms with Gasteiger partial charge in [0.25, 0.3) is 5.91 Å². The molecule has 0 aliphatic carbocycles. The fraction of sp³-hybridized carbons (Fsp3) is 0.250. The number of rotatable bonds is 5. The summed E-state index contributed by atoms with van der Waals surface area (Å²) in [5.41, 5.74) is 2.48. The van der Waals surface area contributed by atoms with Crippen LogP contribution < -0.4 is 10.2 Å². The normalized spacial score (nSPS) is 10.1. The number of hydrogen-bond acceptors (Lipinski definition) is 3. The Bertz CT molecular complexity index is 548. The van der Waals surface area contributed by atoms with Crippen molar-refractivity contribution in [3.8, 4) is 0 Å². The highest BCUT2D eigenvalue weighted by Crippen LogP contribution is 2.15. The molecule has 0 aliphatic heterocycles. The van der Waals surface area contributed by atoms with Crippen LogP contribution in [0.25, 0.3) is 0 Å². The molecule has 0 bridgehead atoms. The van der Waals surface area contributed by atoms with E-state index in [0.717, 1.165) is 18.8 Å². The van der Waals surface area contributed by atoms with Gasteiger partial charge in [0.15, 0.2) is 0 Å². The van der Waals surface area contributed by atoms with Gasteiger partial charge in [0.05, 0.1) is 11.9 Å². The number of nitrogens with one attached hydrogen (secondary N) is 1. The van der Waals surface area contributed by atoms with E-state index in [1.54, 1.807) is 18.5 Å². The average Bonchev–Trinajstić information content (AvgIpc) is 2.50. The van der Waals surface area contributed by atoms with Gasteiger partial charge in [0, 0.05) is 30.5 Å². The number of hydrogen-bond donors (Lipinski definition) is 1. The largest absolute Gasteiger partial charge is 0.372 e. The number of aromatic nitrogens is 1. The first-order valence-corrected chi connectivity index (χ1v) is 6.81. The number of amides is 1. The van der Waals surface area contributed by atoms with Crippen LogP contribution in [0.5, 0.6) is 0 Å². The van der Waals surface area contributed by atoms with Gasteiger partial charge in [-0.1, -0.05) is 0 Å². The Balaban J connectivity index is 2.08. The molecule has 0 unspecified atom stereocenters. The fourth-order valence-corrected chi connectivity index (χ4v) is 2.05. The molecule has 20 heavy (non-hydrogen) atoms. The third kappa shape index (κ3) is 3.35. The smallest absolute Gasteiger partial charge is 0.255 e. The monoisotopic (exact) mass is 269 g/mol. The first-order valence-electron chi connectivity index (χ1n) is 6.81. The van der Waals surface area contributed by atoms with Crippen molar-refractivity contribution in [1.82, 2.24) is 4.98 Å². The lowest BCUT2D eigenvalue weighted by Crippen LogP contribution is -2.21. The Morgan fingerprint density at radius 2 is 1.85 bits per heavy atom. The molecule has 0 saturated carbocycles. The molecule has 1 N–H and O–H groups in total. The van der Waals surface area contributed by atoms with Crippen LogP contribution in [0, 0.1) is 0 Å². The lowest BCUT2D eigenvalue weighted by Gasteiger charge is -2.21. The van der Waals surface area contributed by atoms with Crippen LogP contribution in [0.1, 0.15) is 24.2 Å². The average molecular weight is 269 g/mol. The molecule has 0 fully saturated rings. The van der Waals surface area contributed by atoms with E-state index >= 15 is 0 Å². The van der Waals surface area contributed by atoms with Crippen LogP contribution in [0.2, 0.25) is 0 Å². The van der Waals surface area contributed by atoms with Crippen LogP contribution in [0.15, 0.2) is 48.8 Å². The quantitative estimate of drug-likeness (QED) is 0.906. The number of nitrogens with zero attached hydrogens (tertiary/aromatic N) is 2. The summed E-state index contributed by atoms with van der Waals surface area (Å²) in [4.78, 5) is 18.3. The van der Waals surface area contributed by atoms with E-state index in [1.807, 2.05) is 30.3 Å². The van der Waals surface area contributed by atoms with Crippen LogP contribution in [0.3, 0.4) is 0 Å². The van der Waals surface area contributed by atoms with Crippen molar-refractivity contribution in [2.45, 2.75) is 13.8 Å². The highest BCUT2D eigenvalue weighted by atomic mass is 16.1. The molecule has 104 valence electrons. The van der Waals surface area contributed by atoms with Gasteiger partial charge < -0.3 is 10.2 Å². The summed E-state index contributed by atoms with van der Waals surface area (Å²) in [6.45, 7) is 6.15. The molecule has 0 radical (unpaired) electrons. The lowest BCUT2D eigenvalue weighted by atomic mass is 10.1. The Labute approximate surface area is 119 Å². The summed E-state index contributed by atoms with van der Waals surface area (Å²) in [5, 5.41) is 2.82. The number of carbonyl (C=O) groups is 1. The van der Waals surface area contributed by atoms with E-state index in [-0.39, 0.29) is 5.91 Å². The molecule has 2 rings (SSSR count). The maximum Gasteiger partial charge on any atom is 0.255 e. The number of carbonyl (C=O) groups excluding carboxylic acids is 1. The van der Waals surface area contributed by atoms with Crippen molar-refractivity contribution in [3.63, 3.8) is 0 Å². The minimum atomic E-state index is -0.121. The van der Waals surface area contributed by atoms with Gasteiger partial charge in [0.1, 0.15) is 0 Å². The van der Waals surface area contributed by atoms with E-state index in [0.29, 0.717) is 11.3 Å². The minimum Gasteiger partial charge on any atom is -0.372 e. The predicted molar refractivity (Wildman–Crippen MR) is 82.2 cm³/mol. The maximum absolute atomic E-state index is 12.1. The molecule has 2 aromatic rings. The van der Waals surface area contributed by atoms with Crippen LogP contribution >= 0.6 is 0 Å². The standard InChI is InChI=1S/C16H19N3O/c1-3-19(4-2)15-9-7-13(8-10-15)16(20)18-14-6-5-11-17-12-14/h5-12H,3-4H2,1-2H3,(H,18,20). The van der Waals surface area contributed by atoms with Gasteiger partial charge in [-0.2, -0.15) is 0 Å². The van der Waals surface area contributed by atoms with E-state index in [1.165, 1.54) is 0 Å². The molecule has 1 aromatic carbocycles. The predicted octanol–water partition coefficient (Wildman–Crippen LogP) is 3.18. The van der Waals surface area contributed by atoms with Crippen LogP contribution in [-0.4, -0.2) is 24.0 Å². The van der Waals surface area contributed by atoms with Crippen molar-refractivity contribution in [1.29, 1.82) is 0 Å². The van der Waals surface area contributed by atoms with Gasteiger partial charge in [0.2, 0.25) is 0 Å². The highest BCUT2D eigenvalue weighted by Gasteiger charge is 2.07. The molecule has 4 heteroatoms. The van der Waals surface area contributed by atoms with Crippen LogP contribution in [0.4, 0.5) is 11.4 Å². The van der Waals surface area contributed by atoms with E-state index in [4.69, 9.17) is 0 Å². The molecule has 1 aromatic heterocycles. The Morgan fingerprint density at radius 1 is 1.15 bits per heavy atom. The zero-order valence-corrected chi connectivity index (χ0v) is 11.8. The lowest BCUT2D eigenvalue weighted by molar-refractivity contribution is 0.102. The molecule has 4 nitrogen and oxygen atoms in total. The second kappa shape index (κ2) is 6.70. The van der Waals surface area contributed by atoms with Gasteiger partial charge in [-0.05, 0) is 50.2 Å². The first kappa shape index (κ1) is 14.1. The second-order valence-electron chi connectivity index (χ2n) is 4.41. The first-order chi connectivity index (χ1) is 9.74. The topological polar surface area (TPSA) is 45.2 Å². The zero-order valence-electron chi connectivity index (χ0n) is 11.8. The van der Waals surface area contributed by atoms with Crippen molar-refractivity contribution < 1.29 is 4.79 Å². The molecule has 0 spiro atoms. The second-order valence-corrected chi connectivity index (χ2v) is 4.41. The molecule has 0 saturated heterocycles. The molecular weight excluding hydrogens is 250 g/mol. The minimum absolute atomic E-state index is 0.121. The van der Waals surface area contributed by atoms with E-state index in [2.05, 4.69) is 29.0 Å². The number of anilines is 2. The summed E-state index contributed by atoms with van der Waals surface area (Å²) >= 11 is 0. The molecule has 1 heterocycles. The van der Waals surface area contributed by atoms with Gasteiger partial charge >= 0.3 is 0 Å². The summed E-state index contributed by atoms with van der Waals surface area (Å²) in [6.07, 6.45) is 3.30. The summed E-state index contributed by atoms with van der Waals surface area (Å²) in [5.74, 6) is -0.121. The van der Waals surface area contributed by atoms with Crippen molar-refractivity contribution in [2.24, 2.45) is 0 Å². The molecular formula is C16H19N3O. The highest BCUT2D eigenvalue weighted by molar-refractivity contribution is 6.04. The third-order valence-corrected chi connectivity index (χ3v) is 3.18. The molecule has 0 aliphatic rings. The van der Waals surface area contributed by atoms with Crippen molar-refractivity contribution in [2.75, 3.05) is 23.3 Å². The molecule has 0 atom stereocenters. The number of benzene rings is 1. The van der Waals surface area contributed by atoms with Gasteiger partial charge in [-0.3, -0.25) is 9.78 Å². The van der Waals surface area contributed by atoms with Crippen LogP contribution in [-0.2, 0) is 0 Å².